The molecule has 0 saturated heterocycles. The van der Waals surface area contributed by atoms with E-state index in [1.54, 1.807) is 18.9 Å². The Labute approximate surface area is 185 Å². The number of nitrogens with zero attached hydrogens (tertiary/aromatic N) is 1. The lowest BCUT2D eigenvalue weighted by molar-refractivity contribution is -0.142. The maximum atomic E-state index is 13.1. The molecule has 2 aromatic carbocycles. The molecule has 1 atom stereocenters. The highest BCUT2D eigenvalue weighted by molar-refractivity contribution is 5.88. The lowest BCUT2D eigenvalue weighted by Gasteiger charge is -2.29. The summed E-state index contributed by atoms with van der Waals surface area (Å²) in [6.45, 7) is 10.5. The molecule has 31 heavy (non-hydrogen) atoms. The monoisotopic (exact) mass is 426 g/mol. The summed E-state index contributed by atoms with van der Waals surface area (Å²) in [7, 11) is 1.60. The third-order valence-corrected chi connectivity index (χ3v) is 4.90. The summed E-state index contributed by atoms with van der Waals surface area (Å²) < 4.78 is 11.1. The number of benzene rings is 2. The van der Waals surface area contributed by atoms with Gasteiger partial charge in [0.1, 0.15) is 17.5 Å². The highest BCUT2D eigenvalue weighted by atomic mass is 16.5. The van der Waals surface area contributed by atoms with E-state index in [-0.39, 0.29) is 25.0 Å². The van der Waals surface area contributed by atoms with Crippen molar-refractivity contribution in [3.63, 3.8) is 0 Å². The summed E-state index contributed by atoms with van der Waals surface area (Å²) in [5.41, 5.74) is 3.01. The minimum absolute atomic E-state index is 0.144. The zero-order valence-corrected chi connectivity index (χ0v) is 19.4. The van der Waals surface area contributed by atoms with Crippen molar-refractivity contribution in [1.29, 1.82) is 0 Å². The first kappa shape index (κ1) is 24.3. The Bertz CT molecular complexity index is 875. The Morgan fingerprint density at radius 2 is 1.68 bits per heavy atom. The van der Waals surface area contributed by atoms with Crippen molar-refractivity contribution in [2.24, 2.45) is 5.92 Å². The zero-order valence-electron chi connectivity index (χ0n) is 19.4. The lowest BCUT2D eigenvalue weighted by atomic mass is 10.1. The molecule has 2 amide bonds. The maximum Gasteiger partial charge on any atom is 0.261 e. The third kappa shape index (κ3) is 7.63. The summed E-state index contributed by atoms with van der Waals surface area (Å²) in [6.07, 6.45) is 0. The van der Waals surface area contributed by atoms with Crippen LogP contribution in [0.1, 0.15) is 37.5 Å². The number of ether oxygens (including phenoxy) is 2. The fourth-order valence-electron chi connectivity index (χ4n) is 3.25. The highest BCUT2D eigenvalue weighted by Gasteiger charge is 2.26. The van der Waals surface area contributed by atoms with Crippen molar-refractivity contribution in [1.82, 2.24) is 10.2 Å². The molecule has 1 N–H and O–H groups in total. The van der Waals surface area contributed by atoms with E-state index >= 15 is 0 Å². The van der Waals surface area contributed by atoms with Crippen LogP contribution in [0.4, 0.5) is 0 Å². The molecule has 0 spiro atoms. The second-order valence-electron chi connectivity index (χ2n) is 8.30. The number of aryl methyl sites for hydroxylation is 2. The van der Waals surface area contributed by atoms with Crippen molar-refractivity contribution in [3.8, 4) is 11.5 Å². The first-order valence-electron chi connectivity index (χ1n) is 10.6. The SMILES string of the molecule is COc1cccc(CN(C(=O)COc2cc(C)cc(C)c2)[C@H](C)C(=O)NCC(C)C)c1. The molecule has 0 fully saturated rings. The van der Waals surface area contributed by atoms with Crippen LogP contribution in [-0.4, -0.2) is 43.0 Å². The minimum Gasteiger partial charge on any atom is -0.497 e. The maximum absolute atomic E-state index is 13.1. The van der Waals surface area contributed by atoms with Crippen molar-refractivity contribution in [3.05, 3.63) is 59.2 Å². The Balaban J connectivity index is 2.17. The predicted molar refractivity (Wildman–Crippen MR) is 122 cm³/mol. The minimum atomic E-state index is -0.639. The molecular formula is C25H34N2O4. The summed E-state index contributed by atoms with van der Waals surface area (Å²) in [6, 6.07) is 12.7. The molecule has 0 heterocycles. The molecule has 2 rings (SSSR count). The van der Waals surface area contributed by atoms with Crippen LogP contribution in [0.2, 0.25) is 0 Å². The van der Waals surface area contributed by atoms with E-state index in [9.17, 15) is 9.59 Å². The molecule has 0 aliphatic carbocycles. The van der Waals surface area contributed by atoms with Gasteiger partial charge in [0.05, 0.1) is 7.11 Å². The second-order valence-corrected chi connectivity index (χ2v) is 8.30. The van der Waals surface area contributed by atoms with Gasteiger partial charge < -0.3 is 19.7 Å². The van der Waals surface area contributed by atoms with Gasteiger partial charge in [0.25, 0.3) is 5.91 Å². The van der Waals surface area contributed by atoms with Crippen molar-refractivity contribution in [2.45, 2.75) is 47.2 Å². The number of hydrogen-bond donors (Lipinski definition) is 1. The Hall–Kier alpha value is -3.02. The Morgan fingerprint density at radius 3 is 2.29 bits per heavy atom. The number of carbonyl (C=O) groups excluding carboxylic acids is 2. The number of hydrogen-bond acceptors (Lipinski definition) is 4. The third-order valence-electron chi connectivity index (χ3n) is 4.90. The van der Waals surface area contributed by atoms with E-state index < -0.39 is 6.04 Å². The highest BCUT2D eigenvalue weighted by Crippen LogP contribution is 2.18. The van der Waals surface area contributed by atoms with E-state index in [4.69, 9.17) is 9.47 Å². The van der Waals surface area contributed by atoms with Gasteiger partial charge in [0.15, 0.2) is 6.61 Å². The first-order chi connectivity index (χ1) is 14.7. The first-order valence-corrected chi connectivity index (χ1v) is 10.6. The van der Waals surface area contributed by atoms with E-state index in [1.807, 2.05) is 70.2 Å². The van der Waals surface area contributed by atoms with Crippen LogP contribution in [0.5, 0.6) is 11.5 Å². The number of nitrogens with one attached hydrogen (secondary N) is 1. The second kappa shape index (κ2) is 11.4. The van der Waals surface area contributed by atoms with Crippen molar-refractivity contribution in [2.75, 3.05) is 20.3 Å². The van der Waals surface area contributed by atoms with E-state index in [2.05, 4.69) is 5.32 Å². The van der Waals surface area contributed by atoms with Crippen LogP contribution in [0.15, 0.2) is 42.5 Å². The summed E-state index contributed by atoms with van der Waals surface area (Å²) in [5, 5.41) is 2.92. The van der Waals surface area contributed by atoms with Crippen LogP contribution in [0.25, 0.3) is 0 Å². The molecule has 0 aliphatic heterocycles. The average Bonchev–Trinajstić information content (AvgIpc) is 2.73. The Morgan fingerprint density at radius 1 is 1.00 bits per heavy atom. The number of rotatable bonds is 10. The van der Waals surface area contributed by atoms with Gasteiger partial charge in [0, 0.05) is 13.1 Å². The summed E-state index contributed by atoms with van der Waals surface area (Å²) in [4.78, 5) is 27.4. The smallest absolute Gasteiger partial charge is 0.261 e. The van der Waals surface area contributed by atoms with Gasteiger partial charge >= 0.3 is 0 Å². The van der Waals surface area contributed by atoms with Gasteiger partial charge in [-0.1, -0.05) is 32.0 Å². The van der Waals surface area contributed by atoms with Crippen LogP contribution in [0.3, 0.4) is 0 Å². The van der Waals surface area contributed by atoms with E-state index in [0.29, 0.717) is 24.0 Å². The van der Waals surface area contributed by atoms with Gasteiger partial charge in [-0.2, -0.15) is 0 Å². The zero-order chi connectivity index (χ0) is 23.0. The molecule has 0 saturated carbocycles. The van der Waals surface area contributed by atoms with Crippen molar-refractivity contribution >= 4 is 11.8 Å². The molecule has 2 aromatic rings. The topological polar surface area (TPSA) is 67.9 Å². The molecular weight excluding hydrogens is 392 g/mol. The van der Waals surface area contributed by atoms with Crippen LogP contribution < -0.4 is 14.8 Å². The molecule has 0 unspecified atom stereocenters. The van der Waals surface area contributed by atoms with Gasteiger partial charge in [-0.05, 0) is 67.6 Å². The number of carbonyl (C=O) groups is 2. The molecule has 0 bridgehead atoms. The largest absolute Gasteiger partial charge is 0.497 e. The van der Waals surface area contributed by atoms with Gasteiger partial charge in [-0.15, -0.1) is 0 Å². The molecule has 6 nitrogen and oxygen atoms in total. The van der Waals surface area contributed by atoms with E-state index in [1.165, 1.54) is 0 Å². The quantitative estimate of drug-likeness (QED) is 0.626. The lowest BCUT2D eigenvalue weighted by Crippen LogP contribution is -2.49. The fraction of sp³-hybridized carbons (Fsp3) is 0.440. The molecule has 0 aromatic heterocycles. The van der Waals surface area contributed by atoms with Crippen LogP contribution in [0, 0.1) is 19.8 Å². The van der Waals surface area contributed by atoms with Crippen LogP contribution in [-0.2, 0) is 16.1 Å². The van der Waals surface area contributed by atoms with Gasteiger partial charge in [-0.25, -0.2) is 0 Å². The number of methoxy groups -OCH3 is 1. The standard InChI is InChI=1S/C25H34N2O4/c1-17(2)14-26-25(29)20(5)27(15-21-8-7-9-22(13-21)30-6)24(28)16-31-23-11-18(3)10-19(4)12-23/h7-13,17,20H,14-16H2,1-6H3,(H,26,29)/t20-/m1/s1. The van der Waals surface area contributed by atoms with Crippen molar-refractivity contribution < 1.29 is 19.1 Å². The summed E-state index contributed by atoms with van der Waals surface area (Å²) >= 11 is 0. The molecule has 0 aliphatic rings. The molecule has 168 valence electrons. The van der Waals surface area contributed by atoms with Crippen LogP contribution >= 0.6 is 0 Å². The summed E-state index contributed by atoms with van der Waals surface area (Å²) in [5.74, 6) is 1.23. The fourth-order valence-corrected chi connectivity index (χ4v) is 3.25. The molecule has 6 heteroatoms. The normalized spacial score (nSPS) is 11.7. The average molecular weight is 427 g/mol. The molecule has 0 radical (unpaired) electrons. The number of amides is 2. The van der Waals surface area contributed by atoms with E-state index in [0.717, 1.165) is 16.7 Å². The van der Waals surface area contributed by atoms with Gasteiger partial charge in [-0.3, -0.25) is 9.59 Å². The van der Waals surface area contributed by atoms with Gasteiger partial charge in [0.2, 0.25) is 5.91 Å². The Kier molecular flexibility index (Phi) is 8.91. The predicted octanol–water partition coefficient (Wildman–Crippen LogP) is 3.88.